The SMILES string of the molecule is C=C(Br)CNc1cc(N)cc(Cl)n1. The fraction of sp³-hybridized carbons (Fsp3) is 0.125. The standard InChI is InChI=1S/C8H9BrClN3/c1-5(9)4-12-8-3-6(11)2-7(10)13-8/h2-3H,1,4H2,(H3,11,12,13). The molecule has 0 aliphatic carbocycles. The van der Waals surface area contributed by atoms with E-state index in [4.69, 9.17) is 17.3 Å². The van der Waals surface area contributed by atoms with Crippen molar-refractivity contribution in [3.8, 4) is 0 Å². The second-order valence-electron chi connectivity index (χ2n) is 2.48. The smallest absolute Gasteiger partial charge is 0.133 e. The molecule has 0 saturated carbocycles. The zero-order valence-electron chi connectivity index (χ0n) is 6.85. The highest BCUT2D eigenvalue weighted by atomic mass is 79.9. The second-order valence-corrected chi connectivity index (χ2v) is 3.99. The van der Waals surface area contributed by atoms with E-state index in [9.17, 15) is 0 Å². The van der Waals surface area contributed by atoms with E-state index < -0.39 is 0 Å². The lowest BCUT2D eigenvalue weighted by atomic mass is 10.4. The van der Waals surface area contributed by atoms with Crippen molar-refractivity contribution >= 4 is 39.0 Å². The van der Waals surface area contributed by atoms with Gasteiger partial charge in [0.05, 0.1) is 0 Å². The normalized spacial score (nSPS) is 9.69. The van der Waals surface area contributed by atoms with Gasteiger partial charge in [-0.2, -0.15) is 0 Å². The van der Waals surface area contributed by atoms with Crippen molar-refractivity contribution in [1.29, 1.82) is 0 Å². The lowest BCUT2D eigenvalue weighted by molar-refractivity contribution is 1.23. The topological polar surface area (TPSA) is 50.9 Å². The number of rotatable bonds is 3. The number of nitrogen functional groups attached to an aromatic ring is 1. The van der Waals surface area contributed by atoms with Crippen molar-refractivity contribution in [3.05, 3.63) is 28.3 Å². The highest BCUT2D eigenvalue weighted by Gasteiger charge is 1.98. The summed E-state index contributed by atoms with van der Waals surface area (Å²) in [6.07, 6.45) is 0. The van der Waals surface area contributed by atoms with Crippen LogP contribution in [-0.4, -0.2) is 11.5 Å². The molecular weight excluding hydrogens is 253 g/mol. The molecule has 1 aromatic heterocycles. The first-order chi connectivity index (χ1) is 6.08. The highest BCUT2D eigenvalue weighted by Crippen LogP contribution is 2.16. The van der Waals surface area contributed by atoms with E-state index in [0.29, 0.717) is 23.2 Å². The average molecular weight is 263 g/mol. The van der Waals surface area contributed by atoms with Gasteiger partial charge in [-0.1, -0.05) is 34.1 Å². The van der Waals surface area contributed by atoms with E-state index in [2.05, 4.69) is 32.8 Å². The van der Waals surface area contributed by atoms with E-state index in [1.54, 1.807) is 12.1 Å². The second kappa shape index (κ2) is 4.48. The molecule has 0 unspecified atom stereocenters. The van der Waals surface area contributed by atoms with Crippen molar-refractivity contribution in [2.24, 2.45) is 0 Å². The Morgan fingerprint density at radius 1 is 1.69 bits per heavy atom. The minimum Gasteiger partial charge on any atom is -0.399 e. The van der Waals surface area contributed by atoms with Crippen molar-refractivity contribution in [2.75, 3.05) is 17.6 Å². The maximum atomic E-state index is 5.70. The number of hydrogen-bond donors (Lipinski definition) is 2. The molecule has 1 heterocycles. The Hall–Kier alpha value is -0.740. The van der Waals surface area contributed by atoms with Gasteiger partial charge in [-0.15, -0.1) is 0 Å². The molecule has 0 bridgehead atoms. The molecule has 0 spiro atoms. The number of anilines is 2. The number of pyridine rings is 1. The number of aromatic nitrogens is 1. The van der Waals surface area contributed by atoms with Gasteiger partial charge in [-0.25, -0.2) is 4.98 Å². The van der Waals surface area contributed by atoms with Gasteiger partial charge in [0.15, 0.2) is 0 Å². The monoisotopic (exact) mass is 261 g/mol. The molecule has 1 rings (SSSR count). The van der Waals surface area contributed by atoms with Crippen LogP contribution in [0.25, 0.3) is 0 Å². The van der Waals surface area contributed by atoms with Crippen molar-refractivity contribution in [3.63, 3.8) is 0 Å². The van der Waals surface area contributed by atoms with Gasteiger partial charge in [-0.05, 0) is 6.07 Å². The van der Waals surface area contributed by atoms with Crippen LogP contribution in [0.5, 0.6) is 0 Å². The van der Waals surface area contributed by atoms with Crippen molar-refractivity contribution < 1.29 is 0 Å². The van der Waals surface area contributed by atoms with Crippen LogP contribution in [0.4, 0.5) is 11.5 Å². The first-order valence-corrected chi connectivity index (χ1v) is 4.75. The van der Waals surface area contributed by atoms with Crippen LogP contribution in [0.2, 0.25) is 5.15 Å². The van der Waals surface area contributed by atoms with Crippen LogP contribution in [0.15, 0.2) is 23.2 Å². The molecule has 1 aromatic rings. The summed E-state index contributed by atoms with van der Waals surface area (Å²) < 4.78 is 0.841. The molecule has 13 heavy (non-hydrogen) atoms. The zero-order chi connectivity index (χ0) is 9.84. The lowest BCUT2D eigenvalue weighted by Gasteiger charge is -2.05. The Morgan fingerprint density at radius 2 is 2.38 bits per heavy atom. The fourth-order valence-electron chi connectivity index (χ4n) is 0.794. The highest BCUT2D eigenvalue weighted by molar-refractivity contribution is 9.11. The summed E-state index contributed by atoms with van der Waals surface area (Å²) in [4.78, 5) is 4.02. The minimum absolute atomic E-state index is 0.377. The number of hydrogen-bond acceptors (Lipinski definition) is 3. The maximum absolute atomic E-state index is 5.70. The Labute approximate surface area is 90.1 Å². The van der Waals surface area contributed by atoms with E-state index >= 15 is 0 Å². The Balaban J connectivity index is 2.71. The molecule has 0 aliphatic heterocycles. The molecule has 70 valence electrons. The third-order valence-corrected chi connectivity index (χ3v) is 1.75. The van der Waals surface area contributed by atoms with Crippen molar-refractivity contribution in [2.45, 2.75) is 0 Å². The van der Waals surface area contributed by atoms with Crippen LogP contribution in [0.1, 0.15) is 0 Å². The van der Waals surface area contributed by atoms with Gasteiger partial charge < -0.3 is 11.1 Å². The first-order valence-electron chi connectivity index (χ1n) is 3.58. The predicted molar refractivity (Wildman–Crippen MR) is 60.2 cm³/mol. The summed E-state index contributed by atoms with van der Waals surface area (Å²) in [5.41, 5.74) is 6.15. The Bertz CT molecular complexity index is 307. The average Bonchev–Trinajstić information content (AvgIpc) is 1.99. The zero-order valence-corrected chi connectivity index (χ0v) is 9.19. The molecule has 0 amide bonds. The minimum atomic E-state index is 0.377. The fourth-order valence-corrected chi connectivity index (χ4v) is 1.15. The molecule has 0 aliphatic rings. The van der Waals surface area contributed by atoms with Gasteiger partial charge in [-0.3, -0.25) is 0 Å². The van der Waals surface area contributed by atoms with E-state index in [1.165, 1.54) is 0 Å². The van der Waals surface area contributed by atoms with E-state index in [0.717, 1.165) is 4.48 Å². The van der Waals surface area contributed by atoms with E-state index in [-0.39, 0.29) is 0 Å². The van der Waals surface area contributed by atoms with Crippen LogP contribution < -0.4 is 11.1 Å². The summed E-state index contributed by atoms with van der Waals surface area (Å²) in [6, 6.07) is 3.30. The number of nitrogens with two attached hydrogens (primary N) is 1. The third kappa shape index (κ3) is 3.65. The van der Waals surface area contributed by atoms with Gasteiger partial charge in [0.2, 0.25) is 0 Å². The first kappa shape index (κ1) is 10.3. The van der Waals surface area contributed by atoms with Gasteiger partial charge in [0, 0.05) is 22.8 Å². The molecule has 3 N–H and O–H groups in total. The van der Waals surface area contributed by atoms with E-state index in [1.807, 2.05) is 0 Å². The summed E-state index contributed by atoms with van der Waals surface area (Å²) in [5.74, 6) is 0.644. The lowest BCUT2D eigenvalue weighted by Crippen LogP contribution is -2.03. The van der Waals surface area contributed by atoms with Crippen LogP contribution in [-0.2, 0) is 0 Å². The third-order valence-electron chi connectivity index (χ3n) is 1.28. The maximum Gasteiger partial charge on any atom is 0.133 e. The summed E-state index contributed by atoms with van der Waals surface area (Å²) >= 11 is 8.92. The summed E-state index contributed by atoms with van der Waals surface area (Å²) in [5, 5.41) is 3.38. The predicted octanol–water partition coefficient (Wildman–Crippen LogP) is 2.64. The van der Waals surface area contributed by atoms with Gasteiger partial charge >= 0.3 is 0 Å². The molecule has 0 aromatic carbocycles. The number of halogens is 2. The molecule has 0 radical (unpaired) electrons. The largest absolute Gasteiger partial charge is 0.399 e. The Kier molecular flexibility index (Phi) is 3.57. The molecule has 5 heteroatoms. The summed E-state index contributed by atoms with van der Waals surface area (Å²) in [6.45, 7) is 4.27. The molecule has 0 atom stereocenters. The van der Waals surface area contributed by atoms with Crippen LogP contribution in [0, 0.1) is 0 Å². The molecule has 0 fully saturated rings. The van der Waals surface area contributed by atoms with Crippen LogP contribution >= 0.6 is 27.5 Å². The molecule has 0 saturated heterocycles. The molecule has 3 nitrogen and oxygen atoms in total. The van der Waals surface area contributed by atoms with Gasteiger partial charge in [0.25, 0.3) is 0 Å². The van der Waals surface area contributed by atoms with Gasteiger partial charge in [0.1, 0.15) is 11.0 Å². The quantitative estimate of drug-likeness (QED) is 0.824. The molecular formula is C8H9BrClN3. The Morgan fingerprint density at radius 3 is 2.92 bits per heavy atom. The van der Waals surface area contributed by atoms with Crippen LogP contribution in [0.3, 0.4) is 0 Å². The van der Waals surface area contributed by atoms with Crippen molar-refractivity contribution in [1.82, 2.24) is 4.98 Å². The summed E-state index contributed by atoms with van der Waals surface area (Å²) in [7, 11) is 0. The number of nitrogens with zero attached hydrogens (tertiary/aromatic N) is 1. The number of nitrogens with one attached hydrogen (secondary N) is 1.